The van der Waals surface area contributed by atoms with Crippen molar-refractivity contribution in [3.63, 3.8) is 0 Å². The van der Waals surface area contributed by atoms with Crippen molar-refractivity contribution in [2.75, 3.05) is 6.54 Å². The Kier molecular flexibility index (Phi) is 26.5. The Bertz CT molecular complexity index is 162. The molecule has 2 nitrogen and oxygen atoms in total. The maximum atomic E-state index is 5.48. The van der Waals surface area contributed by atoms with Gasteiger partial charge in [0.15, 0.2) is 0 Å². The number of rotatable bonds is 16. The van der Waals surface area contributed by atoms with Gasteiger partial charge < -0.3 is 11.5 Å². The first kappa shape index (κ1) is 25.2. The molecule has 2 heteroatoms. The molecule has 0 bridgehead atoms. The monoisotopic (exact) mass is 328 g/mol. The molecule has 142 valence electrons. The van der Waals surface area contributed by atoms with E-state index in [2.05, 4.69) is 6.92 Å². The summed E-state index contributed by atoms with van der Waals surface area (Å²) in [6.45, 7) is 7.05. The fraction of sp³-hybridized carbons (Fsp3) is 1.00. The van der Waals surface area contributed by atoms with Gasteiger partial charge in [-0.3, -0.25) is 0 Å². The second kappa shape index (κ2) is 24.2. The summed E-state index contributed by atoms with van der Waals surface area (Å²) in [5.41, 5.74) is 10.6. The minimum absolute atomic E-state index is 0.333. The molecule has 0 amide bonds. The third-order valence-electron chi connectivity index (χ3n) is 4.06. The van der Waals surface area contributed by atoms with Crippen LogP contribution in [0.5, 0.6) is 0 Å². The van der Waals surface area contributed by atoms with Gasteiger partial charge in [0, 0.05) is 0 Å². The maximum absolute atomic E-state index is 5.48. The first-order valence-corrected chi connectivity index (χ1v) is 10.6. The molecular weight excluding hydrogens is 280 g/mol. The van der Waals surface area contributed by atoms with E-state index < -0.39 is 0 Å². The molecule has 0 fully saturated rings. The van der Waals surface area contributed by atoms with Crippen molar-refractivity contribution in [1.82, 2.24) is 0 Å². The highest BCUT2D eigenvalue weighted by molar-refractivity contribution is 4.50. The molecule has 4 N–H and O–H groups in total. The van der Waals surface area contributed by atoms with Gasteiger partial charge in [0.05, 0.1) is 0 Å². The average Bonchev–Trinajstić information content (AvgIpc) is 2.50. The average molecular weight is 329 g/mol. The van der Waals surface area contributed by atoms with Crippen LogP contribution in [0.1, 0.15) is 124 Å². The van der Waals surface area contributed by atoms with Crippen molar-refractivity contribution in [1.29, 1.82) is 0 Å². The second-order valence-electron chi connectivity index (χ2n) is 7.34. The minimum atomic E-state index is 0.333. The quantitative estimate of drug-likeness (QED) is 0.315. The van der Waals surface area contributed by atoms with Gasteiger partial charge in [-0.15, -0.1) is 0 Å². The van der Waals surface area contributed by atoms with Crippen LogP contribution in [0.4, 0.5) is 0 Å². The van der Waals surface area contributed by atoms with Gasteiger partial charge in [-0.1, -0.05) is 117 Å². The third-order valence-corrected chi connectivity index (χ3v) is 4.06. The van der Waals surface area contributed by atoms with E-state index in [9.17, 15) is 0 Å². The van der Waals surface area contributed by atoms with Gasteiger partial charge in [0.1, 0.15) is 0 Å². The molecule has 0 saturated heterocycles. The molecule has 0 aliphatic carbocycles. The number of unbranched alkanes of at least 4 members (excludes halogenated alkanes) is 15. The summed E-state index contributed by atoms with van der Waals surface area (Å²) in [7, 11) is 0. The fourth-order valence-corrected chi connectivity index (χ4v) is 2.69. The minimum Gasteiger partial charge on any atom is -0.330 e. The maximum Gasteiger partial charge on any atom is -0.00179 e. The Morgan fingerprint density at radius 2 is 0.739 bits per heavy atom. The lowest BCUT2D eigenvalue weighted by Crippen LogP contribution is -2.06. The Morgan fingerprint density at radius 1 is 0.522 bits per heavy atom. The lowest BCUT2D eigenvalue weighted by atomic mass is 10.0. The van der Waals surface area contributed by atoms with Crippen molar-refractivity contribution in [3.8, 4) is 0 Å². The normalized spacial score (nSPS) is 10.7. The highest BCUT2D eigenvalue weighted by Crippen LogP contribution is 2.13. The lowest BCUT2D eigenvalue weighted by molar-refractivity contribution is 0.530. The molecule has 0 aromatic carbocycles. The van der Waals surface area contributed by atoms with Crippen LogP contribution in [0, 0.1) is 0 Å². The van der Waals surface area contributed by atoms with Gasteiger partial charge in [-0.05, 0) is 19.0 Å². The van der Waals surface area contributed by atoms with Crippen LogP contribution in [0.25, 0.3) is 0 Å². The summed E-state index contributed by atoms with van der Waals surface area (Å²) in [5, 5.41) is 0. The summed E-state index contributed by atoms with van der Waals surface area (Å²) in [6.07, 6.45) is 22.9. The van der Waals surface area contributed by atoms with Crippen molar-refractivity contribution in [2.24, 2.45) is 11.5 Å². The topological polar surface area (TPSA) is 52.0 Å². The van der Waals surface area contributed by atoms with Crippen LogP contribution < -0.4 is 11.5 Å². The highest BCUT2D eigenvalue weighted by Gasteiger charge is 1.94. The number of hydrogen-bond donors (Lipinski definition) is 2. The van der Waals surface area contributed by atoms with E-state index in [1.54, 1.807) is 0 Å². The molecule has 23 heavy (non-hydrogen) atoms. The summed E-state index contributed by atoms with van der Waals surface area (Å²) in [6, 6.07) is 0.333. The van der Waals surface area contributed by atoms with Crippen LogP contribution in [-0.4, -0.2) is 12.6 Å². The van der Waals surface area contributed by atoms with Crippen LogP contribution >= 0.6 is 0 Å². The SMILES string of the molecule is CC(C)N.CCCCCCCCCCCCCCCCCCN. The standard InChI is InChI=1S/C18H39N.C3H9N/c1-2-3-4-5-6-7-8-9-10-11-12-13-14-15-16-17-18-19;1-3(2)4/h2-19H2,1H3;3H,4H2,1-2H3. The Labute approximate surface area is 148 Å². The van der Waals surface area contributed by atoms with Gasteiger partial charge in [0.25, 0.3) is 0 Å². The zero-order valence-corrected chi connectivity index (χ0v) is 16.8. The highest BCUT2D eigenvalue weighted by atomic mass is 14.6. The van der Waals surface area contributed by atoms with Crippen molar-refractivity contribution < 1.29 is 0 Å². The van der Waals surface area contributed by atoms with E-state index in [0.717, 1.165) is 6.54 Å². The van der Waals surface area contributed by atoms with E-state index >= 15 is 0 Å². The molecule has 0 aliphatic heterocycles. The van der Waals surface area contributed by atoms with Gasteiger partial charge in [0.2, 0.25) is 0 Å². The third kappa shape index (κ3) is 34.3. The lowest BCUT2D eigenvalue weighted by Gasteiger charge is -2.03. The first-order valence-electron chi connectivity index (χ1n) is 10.6. The summed E-state index contributed by atoms with van der Waals surface area (Å²) < 4.78 is 0. The first-order chi connectivity index (χ1) is 11.1. The predicted octanol–water partition coefficient (Wildman–Crippen LogP) is 6.56. The molecule has 0 atom stereocenters. The Hall–Kier alpha value is -0.0800. The van der Waals surface area contributed by atoms with E-state index in [1.807, 2.05) is 13.8 Å². The molecule has 0 aromatic heterocycles. The van der Waals surface area contributed by atoms with Gasteiger partial charge >= 0.3 is 0 Å². The summed E-state index contributed by atoms with van der Waals surface area (Å²) >= 11 is 0. The van der Waals surface area contributed by atoms with Crippen LogP contribution in [0.2, 0.25) is 0 Å². The molecule has 0 spiro atoms. The van der Waals surface area contributed by atoms with Gasteiger partial charge in [-0.25, -0.2) is 0 Å². The van der Waals surface area contributed by atoms with Gasteiger partial charge in [-0.2, -0.15) is 0 Å². The predicted molar refractivity (Wildman–Crippen MR) is 108 cm³/mol. The van der Waals surface area contributed by atoms with Crippen molar-refractivity contribution in [3.05, 3.63) is 0 Å². The van der Waals surface area contributed by atoms with Crippen LogP contribution in [0.15, 0.2) is 0 Å². The molecule has 0 saturated carbocycles. The zero-order valence-electron chi connectivity index (χ0n) is 16.8. The van der Waals surface area contributed by atoms with Crippen molar-refractivity contribution in [2.45, 2.75) is 130 Å². The Balaban J connectivity index is 0. The largest absolute Gasteiger partial charge is 0.330 e. The molecule has 0 aliphatic rings. The molecule has 0 rings (SSSR count). The smallest absolute Gasteiger partial charge is 0.00179 e. The summed E-state index contributed by atoms with van der Waals surface area (Å²) in [5.74, 6) is 0. The molecule has 0 unspecified atom stereocenters. The number of nitrogens with two attached hydrogens (primary N) is 2. The van der Waals surface area contributed by atoms with E-state index in [1.165, 1.54) is 103 Å². The fourth-order valence-electron chi connectivity index (χ4n) is 2.69. The van der Waals surface area contributed by atoms with Crippen molar-refractivity contribution >= 4 is 0 Å². The van der Waals surface area contributed by atoms with E-state index in [4.69, 9.17) is 11.5 Å². The van der Waals surface area contributed by atoms with Crippen LogP contribution in [-0.2, 0) is 0 Å². The van der Waals surface area contributed by atoms with E-state index in [-0.39, 0.29) is 0 Å². The molecule has 0 heterocycles. The van der Waals surface area contributed by atoms with Crippen LogP contribution in [0.3, 0.4) is 0 Å². The molecular formula is C21H48N2. The number of hydrogen-bond acceptors (Lipinski definition) is 2. The molecule has 0 radical (unpaired) electrons. The van der Waals surface area contributed by atoms with E-state index in [0.29, 0.717) is 6.04 Å². The zero-order chi connectivity index (χ0) is 17.6. The Morgan fingerprint density at radius 3 is 0.957 bits per heavy atom. The molecule has 0 aromatic rings. The second-order valence-corrected chi connectivity index (χ2v) is 7.34. The summed E-state index contributed by atoms with van der Waals surface area (Å²) in [4.78, 5) is 0.